The maximum absolute atomic E-state index is 11.0. The number of hydrogen-bond acceptors (Lipinski definition) is 2. The fourth-order valence-corrected chi connectivity index (χ4v) is 1.44. The van der Waals surface area contributed by atoms with Crippen LogP contribution in [0.25, 0.3) is 0 Å². The molecule has 0 amide bonds. The van der Waals surface area contributed by atoms with E-state index in [-0.39, 0.29) is 15.4 Å². The zero-order chi connectivity index (χ0) is 9.07. The summed E-state index contributed by atoms with van der Waals surface area (Å²) >= 11 is 1.84. The summed E-state index contributed by atoms with van der Waals surface area (Å²) in [5.41, 5.74) is 0.0293. The molecule has 0 aromatic rings. The highest BCUT2D eigenvalue weighted by molar-refractivity contribution is 14.1. The highest BCUT2D eigenvalue weighted by Gasteiger charge is 2.19. The summed E-state index contributed by atoms with van der Waals surface area (Å²) in [4.78, 5) is 11.0. The van der Waals surface area contributed by atoms with Crippen LogP contribution in [0.15, 0.2) is 0 Å². The third kappa shape index (κ3) is 5.61. The van der Waals surface area contributed by atoms with Crippen LogP contribution >= 0.6 is 22.6 Å². The monoisotopic (exact) mass is 269 g/mol. The minimum Gasteiger partial charge on any atom is -0.302 e. The Labute approximate surface area is 82.3 Å². The van der Waals surface area contributed by atoms with E-state index in [1.165, 1.54) is 0 Å². The van der Waals surface area contributed by atoms with E-state index in [0.29, 0.717) is 0 Å². The highest BCUT2D eigenvalue weighted by Crippen LogP contribution is 2.07. The lowest BCUT2D eigenvalue weighted by Gasteiger charge is -2.25. The molecule has 0 aliphatic heterocycles. The molecule has 0 aliphatic rings. The lowest BCUT2D eigenvalue weighted by molar-refractivity contribution is -0.111. The molecule has 0 unspecified atom stereocenters. The fourth-order valence-electron chi connectivity index (χ4n) is 0.842. The van der Waals surface area contributed by atoms with E-state index in [1.807, 2.05) is 29.5 Å². The van der Waals surface area contributed by atoms with Gasteiger partial charge in [-0.3, -0.25) is 4.79 Å². The Kier molecular flexibility index (Phi) is 4.55. The van der Waals surface area contributed by atoms with Crippen LogP contribution in [-0.4, -0.2) is 15.4 Å². The zero-order valence-corrected chi connectivity index (χ0v) is 9.73. The van der Waals surface area contributed by atoms with Gasteiger partial charge in [0.2, 0.25) is 3.79 Å². The first-order valence-corrected chi connectivity index (χ1v) is 4.91. The summed E-state index contributed by atoms with van der Waals surface area (Å²) in [5.74, 6) is 0. The van der Waals surface area contributed by atoms with Gasteiger partial charge in [0.25, 0.3) is 0 Å². The molecule has 0 radical (unpaired) electrons. The van der Waals surface area contributed by atoms with Gasteiger partial charge in [0.15, 0.2) is 0 Å². The van der Waals surface area contributed by atoms with Gasteiger partial charge >= 0.3 is 0 Å². The number of rotatable bonds is 3. The van der Waals surface area contributed by atoms with Crippen molar-refractivity contribution in [3.05, 3.63) is 0 Å². The second-order valence-corrected chi connectivity index (χ2v) is 4.72. The van der Waals surface area contributed by atoms with Crippen molar-refractivity contribution < 1.29 is 4.79 Å². The van der Waals surface area contributed by atoms with Crippen LogP contribution in [0.5, 0.6) is 0 Å². The van der Waals surface area contributed by atoms with Gasteiger partial charge in [-0.1, -0.05) is 6.92 Å². The Balaban J connectivity index is 3.99. The summed E-state index contributed by atoms with van der Waals surface area (Å²) in [6.45, 7) is 8.21. The van der Waals surface area contributed by atoms with Crippen molar-refractivity contribution in [1.82, 2.24) is 5.32 Å². The molecule has 0 spiro atoms. The van der Waals surface area contributed by atoms with Crippen molar-refractivity contribution >= 4 is 26.4 Å². The first kappa shape index (κ1) is 11.4. The first-order chi connectivity index (χ1) is 4.87. The Morgan fingerprint density at radius 1 is 1.55 bits per heavy atom. The van der Waals surface area contributed by atoms with Crippen LogP contribution in [0.4, 0.5) is 0 Å². The SMILES string of the molecule is CC[C@H](NC(C)(C)C)C(=O)I. The number of halogens is 1. The van der Waals surface area contributed by atoms with Crippen LogP contribution in [0.3, 0.4) is 0 Å². The minimum absolute atomic E-state index is 0.00981. The lowest BCUT2D eigenvalue weighted by atomic mass is 10.1. The zero-order valence-electron chi connectivity index (χ0n) is 7.57. The molecule has 1 N–H and O–H groups in total. The largest absolute Gasteiger partial charge is 0.302 e. The Morgan fingerprint density at radius 2 is 2.00 bits per heavy atom. The van der Waals surface area contributed by atoms with Crippen LogP contribution in [0.2, 0.25) is 0 Å². The molecule has 3 heteroatoms. The third-order valence-electron chi connectivity index (χ3n) is 1.29. The van der Waals surface area contributed by atoms with Gasteiger partial charge in [-0.2, -0.15) is 0 Å². The van der Waals surface area contributed by atoms with Gasteiger partial charge in [0.1, 0.15) is 0 Å². The van der Waals surface area contributed by atoms with Gasteiger partial charge in [-0.25, -0.2) is 0 Å². The van der Waals surface area contributed by atoms with Gasteiger partial charge in [-0.15, -0.1) is 0 Å². The molecule has 0 heterocycles. The molecule has 0 rings (SSSR count). The maximum Gasteiger partial charge on any atom is 0.209 e. The number of carbonyl (C=O) groups excluding carboxylic acids is 1. The fraction of sp³-hybridized carbons (Fsp3) is 0.875. The van der Waals surface area contributed by atoms with Gasteiger partial charge in [0.05, 0.1) is 6.04 Å². The highest BCUT2D eigenvalue weighted by atomic mass is 127. The quantitative estimate of drug-likeness (QED) is 0.628. The standard InChI is InChI=1S/C8H16INO/c1-5-6(7(9)11)10-8(2,3)4/h6,10H,5H2,1-4H3/t6-/m0/s1. The lowest BCUT2D eigenvalue weighted by Crippen LogP contribution is -2.45. The van der Waals surface area contributed by atoms with Gasteiger partial charge in [0, 0.05) is 28.1 Å². The smallest absolute Gasteiger partial charge is 0.209 e. The van der Waals surface area contributed by atoms with Crippen molar-refractivity contribution in [2.75, 3.05) is 0 Å². The summed E-state index contributed by atoms with van der Waals surface area (Å²) in [6.07, 6.45) is 0.860. The topological polar surface area (TPSA) is 29.1 Å². The number of nitrogens with one attached hydrogen (secondary N) is 1. The van der Waals surface area contributed by atoms with E-state index in [4.69, 9.17) is 0 Å². The van der Waals surface area contributed by atoms with Crippen molar-refractivity contribution in [3.63, 3.8) is 0 Å². The van der Waals surface area contributed by atoms with Crippen LogP contribution < -0.4 is 5.32 Å². The predicted molar refractivity (Wildman–Crippen MR) is 56.0 cm³/mol. The van der Waals surface area contributed by atoms with Crippen molar-refractivity contribution in [3.8, 4) is 0 Å². The van der Waals surface area contributed by atoms with Crippen LogP contribution in [-0.2, 0) is 4.79 Å². The summed E-state index contributed by atoms with van der Waals surface area (Å²) in [5, 5.41) is 3.25. The molecule has 11 heavy (non-hydrogen) atoms. The Morgan fingerprint density at radius 3 is 2.09 bits per heavy atom. The van der Waals surface area contributed by atoms with Crippen LogP contribution in [0, 0.1) is 0 Å². The second kappa shape index (κ2) is 4.40. The molecule has 0 aromatic carbocycles. The molecule has 0 aromatic heterocycles. The molecule has 0 fully saturated rings. The summed E-state index contributed by atoms with van der Waals surface area (Å²) < 4.78 is 0.194. The molecule has 0 aliphatic carbocycles. The Bertz CT molecular complexity index is 140. The number of hydrogen-bond donors (Lipinski definition) is 1. The van der Waals surface area contributed by atoms with Crippen molar-refractivity contribution in [2.45, 2.75) is 45.7 Å². The molecular weight excluding hydrogens is 253 g/mol. The molecule has 0 bridgehead atoms. The third-order valence-corrected chi connectivity index (χ3v) is 2.04. The maximum atomic E-state index is 11.0. The number of carbonyl (C=O) groups is 1. The minimum atomic E-state index is 0.00981. The summed E-state index contributed by atoms with van der Waals surface area (Å²) in [7, 11) is 0. The van der Waals surface area contributed by atoms with Gasteiger partial charge < -0.3 is 5.32 Å². The molecule has 2 nitrogen and oxygen atoms in total. The predicted octanol–water partition coefficient (Wildman–Crippen LogP) is 2.11. The van der Waals surface area contributed by atoms with E-state index in [2.05, 4.69) is 26.1 Å². The van der Waals surface area contributed by atoms with E-state index < -0.39 is 0 Å². The normalized spacial score (nSPS) is 14.6. The summed E-state index contributed by atoms with van der Waals surface area (Å²) in [6, 6.07) is 0.00981. The van der Waals surface area contributed by atoms with Crippen LogP contribution in [0.1, 0.15) is 34.1 Å². The van der Waals surface area contributed by atoms with E-state index in [0.717, 1.165) is 6.42 Å². The van der Waals surface area contributed by atoms with E-state index in [1.54, 1.807) is 0 Å². The average Bonchev–Trinajstić information content (AvgIpc) is 1.80. The van der Waals surface area contributed by atoms with E-state index >= 15 is 0 Å². The first-order valence-electron chi connectivity index (χ1n) is 3.84. The molecule has 66 valence electrons. The van der Waals surface area contributed by atoms with Crippen molar-refractivity contribution in [1.29, 1.82) is 0 Å². The molecule has 1 atom stereocenters. The second-order valence-electron chi connectivity index (χ2n) is 3.66. The molecular formula is C8H16INO. The molecule has 0 saturated carbocycles. The Hall–Kier alpha value is 0.360. The molecule has 0 saturated heterocycles. The van der Waals surface area contributed by atoms with Gasteiger partial charge in [-0.05, 0) is 27.2 Å². The van der Waals surface area contributed by atoms with Crippen molar-refractivity contribution in [2.24, 2.45) is 0 Å². The van der Waals surface area contributed by atoms with E-state index in [9.17, 15) is 4.79 Å². The average molecular weight is 269 g/mol.